The van der Waals surface area contributed by atoms with Gasteiger partial charge < -0.3 is 10.1 Å². The van der Waals surface area contributed by atoms with Gasteiger partial charge in [0.1, 0.15) is 5.82 Å². The number of para-hydroxylation sites is 1. The summed E-state index contributed by atoms with van der Waals surface area (Å²) in [7, 11) is 0. The fourth-order valence-electron chi connectivity index (χ4n) is 4.53. The molecule has 6 nitrogen and oxygen atoms in total. The number of hydrogen-bond donors (Lipinski definition) is 1. The average Bonchev–Trinajstić information content (AvgIpc) is 2.84. The number of fused-ring (bicyclic) bond motifs is 1. The number of ether oxygens (including phenoxy) is 1. The molecule has 1 aliphatic rings. The van der Waals surface area contributed by atoms with Crippen LogP contribution in [-0.4, -0.2) is 41.5 Å². The van der Waals surface area contributed by atoms with Gasteiger partial charge in [0, 0.05) is 24.4 Å². The quantitative estimate of drug-likeness (QED) is 0.527. The van der Waals surface area contributed by atoms with Crippen LogP contribution in [-0.2, 0) is 22.6 Å². The summed E-state index contributed by atoms with van der Waals surface area (Å²) in [6.07, 6.45) is 1.47. The molecule has 0 bridgehead atoms. The van der Waals surface area contributed by atoms with Crippen LogP contribution in [0.1, 0.15) is 46.9 Å². The first-order chi connectivity index (χ1) is 16.5. The van der Waals surface area contributed by atoms with Crippen molar-refractivity contribution >= 4 is 22.8 Å². The number of rotatable bonds is 7. The Balaban J connectivity index is 1.41. The van der Waals surface area contributed by atoms with E-state index in [1.165, 1.54) is 12.1 Å². The largest absolute Gasteiger partial charge is 0.462 e. The first kappa shape index (κ1) is 23.8. The molecule has 178 valence electrons. The summed E-state index contributed by atoms with van der Waals surface area (Å²) in [5.41, 5.74) is 3.87. The molecule has 0 saturated carbocycles. The van der Waals surface area contributed by atoms with Gasteiger partial charge in [-0.25, -0.2) is 9.18 Å². The lowest BCUT2D eigenvalue weighted by Gasteiger charge is -2.31. The number of piperidine rings is 1. The molecule has 0 atom stereocenters. The molecule has 0 spiro atoms. The molecular weight excluding hydrogens is 433 g/mol. The number of likely N-dealkylation sites (tertiary alicyclic amines) is 1. The number of benzene rings is 2. The van der Waals surface area contributed by atoms with Crippen LogP contribution in [0.25, 0.3) is 10.9 Å². The van der Waals surface area contributed by atoms with Gasteiger partial charge in [-0.2, -0.15) is 0 Å². The maximum absolute atomic E-state index is 13.1. The summed E-state index contributed by atoms with van der Waals surface area (Å²) >= 11 is 0. The van der Waals surface area contributed by atoms with E-state index in [-0.39, 0.29) is 23.6 Å². The van der Waals surface area contributed by atoms with E-state index >= 15 is 0 Å². The van der Waals surface area contributed by atoms with E-state index < -0.39 is 0 Å². The number of aryl methyl sites for hydroxylation is 1. The third kappa shape index (κ3) is 5.42. The summed E-state index contributed by atoms with van der Waals surface area (Å²) in [4.78, 5) is 32.4. The number of nitrogens with one attached hydrogen (secondary N) is 1. The zero-order valence-corrected chi connectivity index (χ0v) is 19.6. The SMILES string of the molecule is CCOC(=O)c1c(CN2CCC(C(=O)NCc3ccc(F)cc3)CC2)nc2ccccc2c1C. The molecule has 4 rings (SSSR count). The van der Waals surface area contributed by atoms with Crippen LogP contribution in [0.15, 0.2) is 48.5 Å². The lowest BCUT2D eigenvalue weighted by Crippen LogP contribution is -2.40. The van der Waals surface area contributed by atoms with Crippen LogP contribution in [0.2, 0.25) is 0 Å². The highest BCUT2D eigenvalue weighted by Crippen LogP contribution is 2.26. The van der Waals surface area contributed by atoms with Crippen LogP contribution in [0.3, 0.4) is 0 Å². The van der Waals surface area contributed by atoms with Crippen molar-refractivity contribution in [2.24, 2.45) is 5.92 Å². The van der Waals surface area contributed by atoms with Crippen molar-refractivity contribution in [3.63, 3.8) is 0 Å². The van der Waals surface area contributed by atoms with Crippen molar-refractivity contribution in [1.29, 1.82) is 0 Å². The van der Waals surface area contributed by atoms with Gasteiger partial charge in [-0.3, -0.25) is 14.7 Å². The number of aromatic nitrogens is 1. The Kier molecular flexibility index (Phi) is 7.53. The molecule has 1 aliphatic heterocycles. The van der Waals surface area contributed by atoms with Gasteiger partial charge in [-0.15, -0.1) is 0 Å². The molecule has 0 aliphatic carbocycles. The Hall–Kier alpha value is -3.32. The smallest absolute Gasteiger partial charge is 0.340 e. The molecule has 3 aromatic rings. The number of carbonyl (C=O) groups excluding carboxylic acids is 2. The van der Waals surface area contributed by atoms with Crippen molar-refractivity contribution in [1.82, 2.24) is 15.2 Å². The van der Waals surface area contributed by atoms with Gasteiger partial charge in [0.05, 0.1) is 23.4 Å². The molecule has 1 amide bonds. The Morgan fingerprint density at radius 3 is 2.53 bits per heavy atom. The zero-order chi connectivity index (χ0) is 24.1. The molecule has 34 heavy (non-hydrogen) atoms. The van der Waals surface area contributed by atoms with Crippen molar-refractivity contribution in [3.8, 4) is 0 Å². The van der Waals surface area contributed by atoms with Crippen LogP contribution in [0.5, 0.6) is 0 Å². The van der Waals surface area contributed by atoms with Crippen LogP contribution < -0.4 is 5.32 Å². The number of pyridine rings is 1. The third-order valence-corrected chi connectivity index (χ3v) is 6.42. The summed E-state index contributed by atoms with van der Waals surface area (Å²) in [6, 6.07) is 14.0. The van der Waals surface area contributed by atoms with E-state index in [1.54, 1.807) is 19.1 Å². The molecule has 1 fully saturated rings. The molecule has 1 aromatic heterocycles. The van der Waals surface area contributed by atoms with E-state index in [0.717, 1.165) is 48.0 Å². The maximum Gasteiger partial charge on any atom is 0.340 e. The first-order valence-electron chi connectivity index (χ1n) is 11.8. The lowest BCUT2D eigenvalue weighted by molar-refractivity contribution is -0.126. The molecule has 1 saturated heterocycles. The minimum Gasteiger partial charge on any atom is -0.462 e. The molecule has 0 unspecified atom stereocenters. The van der Waals surface area contributed by atoms with Gasteiger partial charge in [0.25, 0.3) is 0 Å². The molecule has 0 radical (unpaired) electrons. The monoisotopic (exact) mass is 463 g/mol. The second-order valence-electron chi connectivity index (χ2n) is 8.69. The number of nitrogens with zero attached hydrogens (tertiary/aromatic N) is 2. The second kappa shape index (κ2) is 10.7. The third-order valence-electron chi connectivity index (χ3n) is 6.42. The van der Waals surface area contributed by atoms with E-state index in [0.29, 0.717) is 31.0 Å². The standard InChI is InChI=1S/C27H30FN3O3/c1-3-34-27(33)25-18(2)22-6-4-5-7-23(22)30-24(25)17-31-14-12-20(13-15-31)26(32)29-16-19-8-10-21(28)11-9-19/h4-11,20H,3,12-17H2,1-2H3,(H,29,32). The predicted octanol–water partition coefficient (Wildman–Crippen LogP) is 4.39. The maximum atomic E-state index is 13.1. The molecule has 7 heteroatoms. The van der Waals surface area contributed by atoms with Crippen LogP contribution >= 0.6 is 0 Å². The van der Waals surface area contributed by atoms with E-state index in [1.807, 2.05) is 31.2 Å². The average molecular weight is 464 g/mol. The van der Waals surface area contributed by atoms with E-state index in [4.69, 9.17) is 9.72 Å². The Morgan fingerprint density at radius 2 is 1.82 bits per heavy atom. The number of amides is 1. The number of carbonyl (C=O) groups is 2. The Labute approximate surface area is 199 Å². The first-order valence-corrected chi connectivity index (χ1v) is 11.8. The lowest BCUT2D eigenvalue weighted by atomic mass is 9.95. The van der Waals surface area contributed by atoms with E-state index in [9.17, 15) is 14.0 Å². The van der Waals surface area contributed by atoms with Crippen LogP contribution in [0.4, 0.5) is 4.39 Å². The van der Waals surface area contributed by atoms with Gasteiger partial charge >= 0.3 is 5.97 Å². The highest BCUT2D eigenvalue weighted by molar-refractivity contribution is 5.98. The zero-order valence-electron chi connectivity index (χ0n) is 19.6. The highest BCUT2D eigenvalue weighted by atomic mass is 19.1. The topological polar surface area (TPSA) is 71.5 Å². The fourth-order valence-corrected chi connectivity index (χ4v) is 4.53. The van der Waals surface area contributed by atoms with Crippen molar-refractivity contribution in [2.45, 2.75) is 39.8 Å². The van der Waals surface area contributed by atoms with Crippen LogP contribution in [0, 0.1) is 18.7 Å². The second-order valence-corrected chi connectivity index (χ2v) is 8.69. The molecule has 2 aromatic carbocycles. The summed E-state index contributed by atoms with van der Waals surface area (Å²) in [5.74, 6) is -0.670. The normalized spacial score (nSPS) is 14.8. The van der Waals surface area contributed by atoms with Crippen molar-refractivity contribution in [3.05, 3.63) is 76.7 Å². The van der Waals surface area contributed by atoms with Crippen molar-refractivity contribution in [2.75, 3.05) is 19.7 Å². The minimum absolute atomic E-state index is 0.0239. The molecule has 1 N–H and O–H groups in total. The summed E-state index contributed by atoms with van der Waals surface area (Å²) < 4.78 is 18.4. The molecule has 2 heterocycles. The van der Waals surface area contributed by atoms with E-state index in [2.05, 4.69) is 10.2 Å². The Morgan fingerprint density at radius 1 is 1.12 bits per heavy atom. The fraction of sp³-hybridized carbons (Fsp3) is 0.370. The van der Waals surface area contributed by atoms with Crippen molar-refractivity contribution < 1.29 is 18.7 Å². The number of hydrogen-bond acceptors (Lipinski definition) is 5. The molecular formula is C27H30FN3O3. The Bertz CT molecular complexity index is 1170. The predicted molar refractivity (Wildman–Crippen MR) is 129 cm³/mol. The summed E-state index contributed by atoms with van der Waals surface area (Å²) in [5, 5.41) is 3.91. The summed E-state index contributed by atoms with van der Waals surface area (Å²) in [6.45, 7) is 6.45. The van der Waals surface area contributed by atoms with Gasteiger partial charge in [0.15, 0.2) is 0 Å². The minimum atomic E-state index is -0.344. The van der Waals surface area contributed by atoms with Gasteiger partial charge in [-0.1, -0.05) is 30.3 Å². The van der Waals surface area contributed by atoms with Gasteiger partial charge in [-0.05, 0) is 69.1 Å². The van der Waals surface area contributed by atoms with Gasteiger partial charge in [0.2, 0.25) is 5.91 Å². The number of esters is 1. The number of halogens is 1. The highest BCUT2D eigenvalue weighted by Gasteiger charge is 2.27.